The summed E-state index contributed by atoms with van der Waals surface area (Å²) >= 11 is 0. The number of hydrogen-bond donors (Lipinski definition) is 6. The molecule has 0 saturated heterocycles. The number of H-pyrrole nitrogens is 1. The van der Waals surface area contributed by atoms with E-state index in [0.717, 1.165) is 18.2 Å². The molecular weight excluding hydrogens is 905 g/mol. The minimum Gasteiger partial charge on any atom is -0.373 e. The van der Waals surface area contributed by atoms with Gasteiger partial charge in [0.2, 0.25) is 0 Å². The van der Waals surface area contributed by atoms with Crippen LogP contribution in [0.4, 0.5) is 0 Å². The van der Waals surface area contributed by atoms with E-state index in [-0.39, 0.29) is 39.5 Å². The fourth-order valence-electron chi connectivity index (χ4n) is 8.51. The summed E-state index contributed by atoms with van der Waals surface area (Å²) in [6.45, 7) is 0. The van der Waals surface area contributed by atoms with E-state index < -0.39 is 82.9 Å². The molecule has 6 N–H and O–H groups in total. The van der Waals surface area contributed by atoms with Crippen LogP contribution in [-0.4, -0.2) is 74.3 Å². The van der Waals surface area contributed by atoms with Crippen LogP contribution in [0.25, 0.3) is 16.7 Å². The first-order valence-corrected chi connectivity index (χ1v) is 24.7. The summed E-state index contributed by atoms with van der Waals surface area (Å²) < 4.78 is 154. The molecule has 5 aromatic rings. The molecule has 0 radical (unpaired) electrons. The molecule has 5 heterocycles. The maximum absolute atomic E-state index is 14.7. The second-order valence-electron chi connectivity index (χ2n) is 14.7. The molecule has 8 bridgehead atoms. The van der Waals surface area contributed by atoms with Crippen molar-refractivity contribution in [1.82, 2.24) is 10.3 Å². The summed E-state index contributed by atoms with van der Waals surface area (Å²) in [6.07, 6.45) is 3.89. The highest BCUT2D eigenvalue weighted by Crippen LogP contribution is 2.51. The Morgan fingerprint density at radius 2 is 1.00 bits per heavy atom. The standard InChI is InChI=1S/C44H32N4O12S4/c49-61(50,51)35-25-34-37(27-15-7-2-8-16-27)32-22-21-30(45-32)36(26-13-5-1-6-14-26)31-23-24-33(46-31)38(28-17-9-3-10-18-28)39-40(62(52,53)54)41(63(55,56)57)43(48-39)44(42(35)47-34,64(58,59)60)29-19-11-4-12-20-29/h1-25,43,45,48H,(H,49,50,51)(H,52,53,54)(H,55,56,57)(H,58,59,60). The summed E-state index contributed by atoms with van der Waals surface area (Å²) in [5.41, 5.74) is -0.536. The second kappa shape index (κ2) is 15.3. The molecule has 16 nitrogen and oxygen atoms in total. The molecule has 2 atom stereocenters. The van der Waals surface area contributed by atoms with Crippen LogP contribution in [0.3, 0.4) is 0 Å². The highest BCUT2D eigenvalue weighted by Gasteiger charge is 2.65. The molecule has 9 rings (SSSR count). The predicted molar refractivity (Wildman–Crippen MR) is 239 cm³/mol. The normalized spacial score (nSPS) is 20.4. The van der Waals surface area contributed by atoms with E-state index in [9.17, 15) is 51.9 Å². The summed E-state index contributed by atoms with van der Waals surface area (Å²) in [5.74, 6) is 0. The molecule has 2 unspecified atom stereocenters. The molecule has 4 aliphatic rings. The molecule has 0 fully saturated rings. The van der Waals surface area contributed by atoms with Crippen molar-refractivity contribution in [3.8, 4) is 0 Å². The van der Waals surface area contributed by atoms with Crippen LogP contribution in [0, 0.1) is 0 Å². The quantitative estimate of drug-likeness (QED) is 0.0985. The first kappa shape index (κ1) is 42.7. The Morgan fingerprint density at radius 1 is 0.516 bits per heavy atom. The van der Waals surface area contributed by atoms with Crippen molar-refractivity contribution in [3.63, 3.8) is 0 Å². The number of fused-ring (bicyclic) bond motifs is 6. The number of allylic oxidation sites excluding steroid dienone is 5. The Bertz CT molecular complexity index is 3540. The zero-order valence-electron chi connectivity index (χ0n) is 32.6. The smallest absolute Gasteiger partial charge is 0.297 e. The minimum atomic E-state index is -6.14. The number of nitrogens with zero attached hydrogens (tertiary/aromatic N) is 2. The lowest BCUT2D eigenvalue weighted by Crippen LogP contribution is -2.58. The van der Waals surface area contributed by atoms with Crippen molar-refractivity contribution in [3.05, 3.63) is 217 Å². The van der Waals surface area contributed by atoms with Crippen LogP contribution in [0.5, 0.6) is 0 Å². The number of hydrogen-bond acceptors (Lipinski definition) is 11. The lowest BCUT2D eigenvalue weighted by Gasteiger charge is -2.38. The third-order valence-electron chi connectivity index (χ3n) is 11.0. The van der Waals surface area contributed by atoms with Crippen molar-refractivity contribution >= 4 is 68.6 Å². The molecule has 4 aliphatic heterocycles. The van der Waals surface area contributed by atoms with Crippen LogP contribution in [0.1, 0.15) is 33.6 Å². The fraction of sp³-hybridized carbons (Fsp3) is 0.0455. The van der Waals surface area contributed by atoms with E-state index >= 15 is 0 Å². The molecule has 1 aromatic heterocycles. The third kappa shape index (κ3) is 7.05. The van der Waals surface area contributed by atoms with Crippen molar-refractivity contribution in [2.75, 3.05) is 0 Å². The summed E-state index contributed by atoms with van der Waals surface area (Å²) in [5, 5.41) is 2.61. The van der Waals surface area contributed by atoms with E-state index in [1.54, 1.807) is 84.9 Å². The van der Waals surface area contributed by atoms with E-state index in [0.29, 0.717) is 22.4 Å². The van der Waals surface area contributed by atoms with Gasteiger partial charge in [-0.25, -0.2) is 9.98 Å². The van der Waals surface area contributed by atoms with Gasteiger partial charge in [-0.05, 0) is 52.6 Å². The molecule has 64 heavy (non-hydrogen) atoms. The Kier molecular flexibility index (Phi) is 10.2. The van der Waals surface area contributed by atoms with E-state index in [2.05, 4.69) is 15.3 Å². The predicted octanol–water partition coefficient (Wildman–Crippen LogP) is 5.94. The lowest BCUT2D eigenvalue weighted by atomic mass is 9.85. The molecule has 324 valence electrons. The van der Waals surface area contributed by atoms with Gasteiger partial charge in [-0.2, -0.15) is 33.7 Å². The van der Waals surface area contributed by atoms with Crippen LogP contribution >= 0.6 is 0 Å². The van der Waals surface area contributed by atoms with Crippen LogP contribution < -0.4 is 5.32 Å². The van der Waals surface area contributed by atoms with Gasteiger partial charge in [0.25, 0.3) is 40.5 Å². The van der Waals surface area contributed by atoms with Gasteiger partial charge >= 0.3 is 0 Å². The zero-order chi connectivity index (χ0) is 45.4. The van der Waals surface area contributed by atoms with Gasteiger partial charge in [0.1, 0.15) is 14.7 Å². The van der Waals surface area contributed by atoms with E-state index in [1.165, 1.54) is 36.4 Å². The Hall–Kier alpha value is -6.62. The van der Waals surface area contributed by atoms with Crippen molar-refractivity contribution in [2.45, 2.75) is 10.8 Å². The number of aliphatic imine (C=N–C) groups is 2. The molecule has 4 aromatic carbocycles. The number of benzene rings is 4. The zero-order valence-corrected chi connectivity index (χ0v) is 35.9. The first-order chi connectivity index (χ1) is 30.3. The second-order valence-corrected chi connectivity index (χ2v) is 20.5. The SMILES string of the molecule is O=S(=O)(O)C1=CC2=C(c3ccccc3)c3ccc([nH]3)C(c3ccccc3)=C3C=CC(=N3)C(c3ccccc3)=C3NC(C(S(=O)(=O)O)=C3S(=O)(=O)O)C(c3ccccc3)(S(=O)(=O)O)C1=N2. The Balaban J connectivity index is 1.57. The average molecular weight is 937 g/mol. The molecular formula is C44H32N4O12S4. The maximum Gasteiger partial charge on any atom is 0.297 e. The largest absolute Gasteiger partial charge is 0.373 e. The highest BCUT2D eigenvalue weighted by molar-refractivity contribution is 7.94. The Labute approximate surface area is 366 Å². The number of rotatable bonds is 8. The van der Waals surface area contributed by atoms with Gasteiger partial charge in [-0.1, -0.05) is 121 Å². The van der Waals surface area contributed by atoms with E-state index in [4.69, 9.17) is 4.99 Å². The van der Waals surface area contributed by atoms with Gasteiger partial charge in [-0.3, -0.25) is 18.2 Å². The van der Waals surface area contributed by atoms with Crippen LogP contribution in [-0.2, 0) is 45.2 Å². The molecule has 0 saturated carbocycles. The minimum absolute atomic E-state index is 0.0615. The van der Waals surface area contributed by atoms with Gasteiger partial charge in [-0.15, -0.1) is 0 Å². The lowest BCUT2D eigenvalue weighted by molar-refractivity contribution is 0.432. The summed E-state index contributed by atoms with van der Waals surface area (Å²) in [6, 6.07) is 31.5. The van der Waals surface area contributed by atoms with Crippen LogP contribution in [0.2, 0.25) is 0 Å². The Morgan fingerprint density at radius 3 is 1.47 bits per heavy atom. The van der Waals surface area contributed by atoms with Crippen molar-refractivity contribution in [1.29, 1.82) is 0 Å². The van der Waals surface area contributed by atoms with E-state index in [1.807, 2.05) is 12.1 Å². The third-order valence-corrected chi connectivity index (χ3v) is 15.4. The number of aromatic amines is 1. The van der Waals surface area contributed by atoms with Gasteiger partial charge in [0.05, 0.1) is 34.6 Å². The molecule has 20 heteroatoms. The summed E-state index contributed by atoms with van der Waals surface area (Å²) in [4.78, 5) is 8.31. The highest BCUT2D eigenvalue weighted by atomic mass is 32.2. The topological polar surface area (TPSA) is 270 Å². The monoisotopic (exact) mass is 936 g/mol. The van der Waals surface area contributed by atoms with Crippen molar-refractivity contribution < 1.29 is 51.9 Å². The summed E-state index contributed by atoms with van der Waals surface area (Å²) in [7, 11) is -23.7. The van der Waals surface area contributed by atoms with Gasteiger partial charge in [0, 0.05) is 28.1 Å². The van der Waals surface area contributed by atoms with Crippen LogP contribution in [0.15, 0.2) is 193 Å². The molecule has 0 aliphatic carbocycles. The molecule has 0 amide bonds. The fourth-order valence-corrected chi connectivity index (χ4v) is 13.0. The molecule has 0 spiro atoms. The first-order valence-electron chi connectivity index (χ1n) is 18.9. The van der Waals surface area contributed by atoms with Crippen molar-refractivity contribution in [2.24, 2.45) is 9.98 Å². The van der Waals surface area contributed by atoms with Gasteiger partial charge in [0.15, 0.2) is 4.75 Å². The number of aromatic nitrogens is 1. The van der Waals surface area contributed by atoms with Gasteiger partial charge < -0.3 is 10.3 Å². The maximum atomic E-state index is 14.7. The average Bonchev–Trinajstić information content (AvgIpc) is 4.07. The number of nitrogens with one attached hydrogen (secondary N) is 2.